The second-order valence-corrected chi connectivity index (χ2v) is 7.41. The molecule has 1 aliphatic heterocycles. The Morgan fingerprint density at radius 2 is 1.97 bits per heavy atom. The predicted octanol–water partition coefficient (Wildman–Crippen LogP) is 3.85. The van der Waals surface area contributed by atoms with E-state index in [2.05, 4.69) is 14.9 Å². The molecule has 6 nitrogen and oxygen atoms in total. The standard InChI is InChI=1S/C22H19FN4O2/c23-15-7-5-14(6-8-15)19-13-27(25-24-19)16-9-10-21-18(11-22(28)29)17-3-1-2-4-20(17)26(21)12-16/h1-8,13,16H,9-12H2,(H,28,29). The highest BCUT2D eigenvalue weighted by molar-refractivity contribution is 5.89. The zero-order chi connectivity index (χ0) is 20.0. The number of hydrogen-bond donors (Lipinski definition) is 1. The fraction of sp³-hybridized carbons (Fsp3) is 0.227. The Kier molecular flexibility index (Phi) is 4.16. The van der Waals surface area contributed by atoms with Crippen LogP contribution >= 0.6 is 0 Å². The highest BCUT2D eigenvalue weighted by Crippen LogP contribution is 2.34. The van der Waals surface area contributed by atoms with Gasteiger partial charge in [-0.1, -0.05) is 23.4 Å². The van der Waals surface area contributed by atoms with E-state index < -0.39 is 5.97 Å². The quantitative estimate of drug-likeness (QED) is 0.574. The maximum Gasteiger partial charge on any atom is 0.307 e. The minimum absolute atomic E-state index is 0.0333. The average Bonchev–Trinajstić information content (AvgIpc) is 3.33. The first-order chi connectivity index (χ1) is 14.1. The van der Waals surface area contributed by atoms with Gasteiger partial charge in [0.15, 0.2) is 0 Å². The minimum Gasteiger partial charge on any atom is -0.481 e. The van der Waals surface area contributed by atoms with Gasteiger partial charge < -0.3 is 9.67 Å². The number of benzene rings is 2. The highest BCUT2D eigenvalue weighted by atomic mass is 19.1. The van der Waals surface area contributed by atoms with Crippen LogP contribution in [0.4, 0.5) is 4.39 Å². The Bertz CT molecular complexity index is 1210. The summed E-state index contributed by atoms with van der Waals surface area (Å²) < 4.78 is 17.3. The molecule has 2 aromatic carbocycles. The third-order valence-corrected chi connectivity index (χ3v) is 5.65. The van der Waals surface area contributed by atoms with Crippen LogP contribution in [0.5, 0.6) is 0 Å². The molecule has 1 atom stereocenters. The van der Waals surface area contributed by atoms with Crippen LogP contribution in [0.1, 0.15) is 23.7 Å². The Hall–Kier alpha value is -3.48. The molecule has 146 valence electrons. The highest BCUT2D eigenvalue weighted by Gasteiger charge is 2.27. The summed E-state index contributed by atoms with van der Waals surface area (Å²) >= 11 is 0. The number of aromatic nitrogens is 4. The lowest BCUT2D eigenvalue weighted by Crippen LogP contribution is -2.24. The molecule has 0 amide bonds. The number of para-hydroxylation sites is 1. The van der Waals surface area contributed by atoms with Crippen molar-refractivity contribution in [2.24, 2.45) is 0 Å². The first-order valence-corrected chi connectivity index (χ1v) is 9.58. The van der Waals surface area contributed by atoms with Gasteiger partial charge in [0.05, 0.1) is 18.7 Å². The maximum atomic E-state index is 13.2. The van der Waals surface area contributed by atoms with E-state index in [1.165, 1.54) is 12.1 Å². The molecular weight excluding hydrogens is 371 g/mol. The van der Waals surface area contributed by atoms with Crippen molar-refractivity contribution in [3.63, 3.8) is 0 Å². The van der Waals surface area contributed by atoms with Crippen molar-refractivity contribution in [3.05, 3.63) is 71.8 Å². The molecule has 0 spiro atoms. The Morgan fingerprint density at radius 3 is 2.76 bits per heavy atom. The van der Waals surface area contributed by atoms with Gasteiger partial charge in [-0.2, -0.15) is 0 Å². The molecule has 1 aliphatic rings. The normalized spacial score (nSPS) is 16.1. The number of carboxylic acid groups (broad SMARTS) is 1. The van der Waals surface area contributed by atoms with Crippen LogP contribution in [0.15, 0.2) is 54.7 Å². The molecule has 0 saturated heterocycles. The lowest BCUT2D eigenvalue weighted by atomic mass is 10.0. The third-order valence-electron chi connectivity index (χ3n) is 5.65. The molecule has 29 heavy (non-hydrogen) atoms. The fourth-order valence-electron chi connectivity index (χ4n) is 4.30. The number of hydrogen-bond acceptors (Lipinski definition) is 3. The lowest BCUT2D eigenvalue weighted by Gasteiger charge is -2.26. The zero-order valence-corrected chi connectivity index (χ0v) is 15.6. The van der Waals surface area contributed by atoms with E-state index in [4.69, 9.17) is 0 Å². The predicted molar refractivity (Wildman–Crippen MR) is 106 cm³/mol. The van der Waals surface area contributed by atoms with Crippen molar-refractivity contribution < 1.29 is 14.3 Å². The fourth-order valence-corrected chi connectivity index (χ4v) is 4.30. The van der Waals surface area contributed by atoms with Crippen molar-refractivity contribution in [3.8, 4) is 11.3 Å². The molecule has 0 bridgehead atoms. The lowest BCUT2D eigenvalue weighted by molar-refractivity contribution is -0.136. The number of rotatable bonds is 4. The summed E-state index contributed by atoms with van der Waals surface area (Å²) in [5.41, 5.74) is 4.60. The van der Waals surface area contributed by atoms with Gasteiger partial charge in [0, 0.05) is 28.7 Å². The summed E-state index contributed by atoms with van der Waals surface area (Å²) in [6, 6.07) is 14.3. The van der Waals surface area contributed by atoms with Gasteiger partial charge in [0.1, 0.15) is 11.5 Å². The summed E-state index contributed by atoms with van der Waals surface area (Å²) in [5, 5.41) is 18.9. The monoisotopic (exact) mass is 390 g/mol. The molecule has 1 unspecified atom stereocenters. The molecule has 1 N–H and O–H groups in total. The van der Waals surface area contributed by atoms with E-state index in [0.29, 0.717) is 12.2 Å². The third kappa shape index (κ3) is 3.08. The van der Waals surface area contributed by atoms with E-state index in [1.807, 2.05) is 35.1 Å². The Labute approximate surface area is 166 Å². The first-order valence-electron chi connectivity index (χ1n) is 9.58. The molecule has 2 aromatic heterocycles. The van der Waals surface area contributed by atoms with Crippen molar-refractivity contribution in [2.45, 2.75) is 31.8 Å². The van der Waals surface area contributed by atoms with Gasteiger partial charge in [-0.15, -0.1) is 5.10 Å². The van der Waals surface area contributed by atoms with Gasteiger partial charge >= 0.3 is 5.97 Å². The Balaban J connectivity index is 1.49. The summed E-state index contributed by atoms with van der Waals surface area (Å²) in [6.45, 7) is 0.710. The number of fused-ring (bicyclic) bond motifs is 3. The summed E-state index contributed by atoms with van der Waals surface area (Å²) in [7, 11) is 0. The van der Waals surface area contributed by atoms with E-state index in [9.17, 15) is 14.3 Å². The molecular formula is C22H19FN4O2. The molecule has 7 heteroatoms. The van der Waals surface area contributed by atoms with Crippen molar-refractivity contribution in [1.82, 2.24) is 19.6 Å². The molecule has 0 saturated carbocycles. The van der Waals surface area contributed by atoms with Crippen molar-refractivity contribution in [1.29, 1.82) is 0 Å². The smallest absolute Gasteiger partial charge is 0.307 e. The second kappa shape index (κ2) is 6.84. The molecule has 3 heterocycles. The van der Waals surface area contributed by atoms with E-state index in [1.54, 1.807) is 12.1 Å². The minimum atomic E-state index is -0.813. The molecule has 0 radical (unpaired) electrons. The summed E-state index contributed by atoms with van der Waals surface area (Å²) in [5.74, 6) is -1.09. The number of aliphatic carboxylic acids is 1. The van der Waals surface area contributed by atoms with Crippen LogP contribution in [0.25, 0.3) is 22.2 Å². The van der Waals surface area contributed by atoms with E-state index in [-0.39, 0.29) is 18.3 Å². The van der Waals surface area contributed by atoms with Crippen LogP contribution in [0, 0.1) is 5.82 Å². The van der Waals surface area contributed by atoms with Gasteiger partial charge in [0.2, 0.25) is 0 Å². The van der Waals surface area contributed by atoms with Crippen LogP contribution in [-0.4, -0.2) is 30.6 Å². The number of carboxylic acids is 1. The van der Waals surface area contributed by atoms with Crippen LogP contribution in [0.3, 0.4) is 0 Å². The number of nitrogens with zero attached hydrogens (tertiary/aromatic N) is 4. The summed E-state index contributed by atoms with van der Waals surface area (Å²) in [6.07, 6.45) is 3.57. The van der Waals surface area contributed by atoms with Gasteiger partial charge in [-0.25, -0.2) is 9.07 Å². The molecule has 0 fully saturated rings. The van der Waals surface area contributed by atoms with Gasteiger partial charge in [-0.3, -0.25) is 4.79 Å². The topological polar surface area (TPSA) is 72.9 Å². The largest absolute Gasteiger partial charge is 0.481 e. The van der Waals surface area contributed by atoms with Crippen LogP contribution < -0.4 is 0 Å². The van der Waals surface area contributed by atoms with Crippen LogP contribution in [-0.2, 0) is 24.2 Å². The summed E-state index contributed by atoms with van der Waals surface area (Å²) in [4.78, 5) is 11.4. The maximum absolute atomic E-state index is 13.2. The second-order valence-electron chi connectivity index (χ2n) is 7.41. The Morgan fingerprint density at radius 1 is 1.17 bits per heavy atom. The molecule has 0 aliphatic carbocycles. The molecule has 5 rings (SSSR count). The van der Waals surface area contributed by atoms with Crippen molar-refractivity contribution >= 4 is 16.9 Å². The average molecular weight is 390 g/mol. The van der Waals surface area contributed by atoms with Crippen molar-refractivity contribution in [2.75, 3.05) is 0 Å². The van der Waals surface area contributed by atoms with Gasteiger partial charge in [0.25, 0.3) is 0 Å². The zero-order valence-electron chi connectivity index (χ0n) is 15.6. The van der Waals surface area contributed by atoms with E-state index >= 15 is 0 Å². The first kappa shape index (κ1) is 17.6. The van der Waals surface area contributed by atoms with Gasteiger partial charge in [-0.05, 0) is 48.7 Å². The SMILES string of the molecule is O=C(O)Cc1c2n(c3ccccc13)CC(n1cc(-c3ccc(F)cc3)nn1)CC2. The van der Waals surface area contributed by atoms with Crippen LogP contribution in [0.2, 0.25) is 0 Å². The van der Waals surface area contributed by atoms with E-state index in [0.717, 1.165) is 40.6 Å². The number of carbonyl (C=O) groups is 1. The molecule has 4 aromatic rings. The number of halogens is 1.